The van der Waals surface area contributed by atoms with Crippen LogP contribution in [0.3, 0.4) is 0 Å². The Morgan fingerprint density at radius 1 is 1.04 bits per heavy atom. The van der Waals surface area contributed by atoms with Crippen LogP contribution in [0.4, 0.5) is 17.3 Å². The number of hydrogen-bond acceptors (Lipinski definition) is 7. The van der Waals surface area contributed by atoms with Crippen LogP contribution in [0.2, 0.25) is 0 Å². The van der Waals surface area contributed by atoms with Crippen molar-refractivity contribution >= 4 is 28.5 Å². The van der Waals surface area contributed by atoms with Crippen molar-refractivity contribution < 1.29 is 4.92 Å². The zero-order valence-corrected chi connectivity index (χ0v) is 15.5. The number of nitro benzene ring substituents is 1. The maximum Gasteiger partial charge on any atom is 0.329 e. The third-order valence-corrected chi connectivity index (χ3v) is 5.09. The van der Waals surface area contributed by atoms with Crippen molar-refractivity contribution in [2.45, 2.75) is 0 Å². The number of fused-ring (bicyclic) bond motifs is 1. The van der Waals surface area contributed by atoms with Gasteiger partial charge in [-0.15, -0.1) is 0 Å². The minimum atomic E-state index is -0.511. The summed E-state index contributed by atoms with van der Waals surface area (Å²) in [4.78, 5) is 45.7. The van der Waals surface area contributed by atoms with E-state index in [9.17, 15) is 19.7 Å². The van der Waals surface area contributed by atoms with Gasteiger partial charge in [-0.1, -0.05) is 12.1 Å². The number of anilines is 2. The molecular formula is C17H19N7O4. The highest BCUT2D eigenvalue weighted by molar-refractivity contribution is 5.74. The van der Waals surface area contributed by atoms with Crippen molar-refractivity contribution in [3.8, 4) is 0 Å². The van der Waals surface area contributed by atoms with E-state index in [2.05, 4.69) is 9.97 Å². The van der Waals surface area contributed by atoms with Gasteiger partial charge in [0.1, 0.15) is 5.69 Å². The number of aromatic nitrogens is 4. The normalized spacial score (nSPS) is 14.6. The van der Waals surface area contributed by atoms with Gasteiger partial charge in [-0.25, -0.2) is 4.79 Å². The summed E-state index contributed by atoms with van der Waals surface area (Å²) in [5.41, 5.74) is 0.350. The van der Waals surface area contributed by atoms with Crippen LogP contribution in [0.25, 0.3) is 11.2 Å². The molecule has 1 N–H and O–H groups in total. The van der Waals surface area contributed by atoms with E-state index >= 15 is 0 Å². The van der Waals surface area contributed by atoms with Crippen molar-refractivity contribution in [2.75, 3.05) is 36.0 Å². The van der Waals surface area contributed by atoms with Gasteiger partial charge in [0, 0.05) is 46.3 Å². The van der Waals surface area contributed by atoms with E-state index in [-0.39, 0.29) is 10.6 Å². The van der Waals surface area contributed by atoms with Crippen LogP contribution in [0.15, 0.2) is 33.9 Å². The fourth-order valence-electron chi connectivity index (χ4n) is 3.61. The first-order valence-electron chi connectivity index (χ1n) is 8.77. The molecule has 0 aliphatic carbocycles. The number of nitrogens with one attached hydrogen (secondary N) is 1. The molecule has 1 saturated heterocycles. The van der Waals surface area contributed by atoms with E-state index < -0.39 is 11.2 Å². The first-order valence-corrected chi connectivity index (χ1v) is 8.77. The Labute approximate surface area is 158 Å². The number of piperazine rings is 1. The van der Waals surface area contributed by atoms with Gasteiger partial charge in [-0.05, 0) is 6.07 Å². The molecule has 3 aromatic rings. The van der Waals surface area contributed by atoms with Crippen LogP contribution in [0, 0.1) is 10.1 Å². The first-order chi connectivity index (χ1) is 13.4. The van der Waals surface area contributed by atoms with Gasteiger partial charge < -0.3 is 14.4 Å². The van der Waals surface area contributed by atoms with Gasteiger partial charge >= 0.3 is 5.69 Å². The van der Waals surface area contributed by atoms with Gasteiger partial charge in [0.15, 0.2) is 11.2 Å². The molecule has 1 aliphatic rings. The fraction of sp³-hybridized carbons (Fsp3) is 0.353. The summed E-state index contributed by atoms with van der Waals surface area (Å²) in [5, 5.41) is 11.3. The summed E-state index contributed by atoms with van der Waals surface area (Å²) in [5.74, 6) is 0.587. The number of aryl methyl sites for hydroxylation is 2. The monoisotopic (exact) mass is 385 g/mol. The standard InChI is InChI=1S/C17H19N7O4/c1-20-13-14(21(2)17(26)19-15(13)25)18-16(20)23-9-7-22(8-10-23)11-5-3-4-6-12(11)24(27)28/h3-6H,7-10H2,1-2H3,(H,19,25,26). The average molecular weight is 385 g/mol. The maximum absolute atomic E-state index is 12.2. The highest BCUT2D eigenvalue weighted by atomic mass is 16.6. The SMILES string of the molecule is Cn1c(N2CCN(c3ccccc3[N+](=O)[O-])CC2)nc2c1c(=O)[nH]c(=O)n2C. The Bertz CT molecular complexity index is 1180. The largest absolute Gasteiger partial charge is 0.362 e. The average Bonchev–Trinajstić information content (AvgIpc) is 3.04. The van der Waals surface area contributed by atoms with E-state index in [4.69, 9.17) is 0 Å². The molecule has 28 heavy (non-hydrogen) atoms. The van der Waals surface area contributed by atoms with Crippen LogP contribution in [0.1, 0.15) is 0 Å². The van der Waals surface area contributed by atoms with Crippen LogP contribution >= 0.6 is 0 Å². The molecule has 0 unspecified atom stereocenters. The van der Waals surface area contributed by atoms with Gasteiger partial charge in [0.25, 0.3) is 11.2 Å². The van der Waals surface area contributed by atoms with Gasteiger partial charge in [0.05, 0.1) is 4.92 Å². The van der Waals surface area contributed by atoms with E-state index in [0.717, 1.165) is 0 Å². The van der Waals surface area contributed by atoms with Crippen molar-refractivity contribution in [3.63, 3.8) is 0 Å². The third-order valence-electron chi connectivity index (χ3n) is 5.09. The van der Waals surface area contributed by atoms with Crippen LogP contribution in [0.5, 0.6) is 0 Å². The molecule has 146 valence electrons. The lowest BCUT2D eigenvalue weighted by Crippen LogP contribution is -2.47. The Morgan fingerprint density at radius 3 is 2.36 bits per heavy atom. The second kappa shape index (κ2) is 6.51. The quantitative estimate of drug-likeness (QED) is 0.504. The molecular weight excluding hydrogens is 366 g/mol. The van der Waals surface area contributed by atoms with Crippen molar-refractivity contribution in [1.82, 2.24) is 19.1 Å². The van der Waals surface area contributed by atoms with Crippen LogP contribution in [-0.4, -0.2) is 50.2 Å². The molecule has 0 amide bonds. The highest BCUT2D eigenvalue weighted by Gasteiger charge is 2.26. The van der Waals surface area contributed by atoms with Crippen LogP contribution < -0.4 is 21.0 Å². The summed E-state index contributed by atoms with van der Waals surface area (Å²) in [6.45, 7) is 2.30. The lowest BCUT2D eigenvalue weighted by atomic mass is 10.2. The number of nitrogens with zero attached hydrogens (tertiary/aromatic N) is 6. The zero-order chi connectivity index (χ0) is 20.0. The molecule has 3 heterocycles. The molecule has 0 saturated carbocycles. The number of imidazole rings is 1. The molecule has 2 aromatic heterocycles. The van der Waals surface area contributed by atoms with E-state index in [1.54, 1.807) is 36.9 Å². The van der Waals surface area contributed by atoms with Gasteiger partial charge in [-0.3, -0.25) is 24.5 Å². The second-order valence-electron chi connectivity index (χ2n) is 6.68. The van der Waals surface area contributed by atoms with E-state index in [1.807, 2.05) is 9.80 Å². The Morgan fingerprint density at radius 2 is 1.68 bits per heavy atom. The van der Waals surface area contributed by atoms with Crippen molar-refractivity contribution in [2.24, 2.45) is 14.1 Å². The lowest BCUT2D eigenvalue weighted by molar-refractivity contribution is -0.384. The first kappa shape index (κ1) is 17.8. The predicted octanol–water partition coefficient (Wildman–Crippen LogP) is 0.195. The van der Waals surface area contributed by atoms with Gasteiger partial charge in [0.2, 0.25) is 5.95 Å². The number of aromatic amines is 1. The fourth-order valence-corrected chi connectivity index (χ4v) is 3.61. The number of rotatable bonds is 3. The number of para-hydroxylation sites is 2. The Kier molecular flexibility index (Phi) is 4.13. The molecule has 0 bridgehead atoms. The molecule has 0 atom stereocenters. The molecule has 11 nitrogen and oxygen atoms in total. The van der Waals surface area contributed by atoms with E-state index in [0.29, 0.717) is 49.0 Å². The summed E-state index contributed by atoms with van der Waals surface area (Å²) < 4.78 is 2.98. The zero-order valence-electron chi connectivity index (χ0n) is 15.5. The molecule has 1 fully saturated rings. The predicted molar refractivity (Wildman–Crippen MR) is 104 cm³/mol. The topological polar surface area (TPSA) is 122 Å². The number of hydrogen-bond donors (Lipinski definition) is 1. The number of nitro groups is 1. The summed E-state index contributed by atoms with van der Waals surface area (Å²) in [6.07, 6.45) is 0. The second-order valence-corrected chi connectivity index (χ2v) is 6.68. The van der Waals surface area contributed by atoms with Crippen molar-refractivity contribution in [3.05, 3.63) is 55.2 Å². The molecule has 0 spiro atoms. The molecule has 4 rings (SSSR count). The number of H-pyrrole nitrogens is 1. The summed E-state index contributed by atoms with van der Waals surface area (Å²) in [6, 6.07) is 6.68. The molecule has 0 radical (unpaired) electrons. The minimum absolute atomic E-state index is 0.0835. The lowest BCUT2D eigenvalue weighted by Gasteiger charge is -2.36. The maximum atomic E-state index is 12.2. The van der Waals surface area contributed by atoms with E-state index in [1.165, 1.54) is 10.6 Å². The molecule has 11 heteroatoms. The third kappa shape index (κ3) is 2.71. The van der Waals surface area contributed by atoms with Gasteiger partial charge in [-0.2, -0.15) is 4.98 Å². The highest BCUT2D eigenvalue weighted by Crippen LogP contribution is 2.29. The molecule has 1 aliphatic heterocycles. The number of benzene rings is 1. The van der Waals surface area contributed by atoms with Crippen molar-refractivity contribution in [1.29, 1.82) is 0 Å². The Balaban J connectivity index is 1.63. The Hall–Kier alpha value is -3.63. The smallest absolute Gasteiger partial charge is 0.329 e. The summed E-state index contributed by atoms with van der Waals surface area (Å²) >= 11 is 0. The minimum Gasteiger partial charge on any atom is -0.362 e. The molecule has 1 aromatic carbocycles. The van der Waals surface area contributed by atoms with Crippen LogP contribution in [-0.2, 0) is 14.1 Å². The summed E-state index contributed by atoms with van der Waals surface area (Å²) in [7, 11) is 3.29.